The van der Waals surface area contributed by atoms with E-state index in [1.165, 1.54) is 5.56 Å². The van der Waals surface area contributed by atoms with Crippen molar-refractivity contribution in [3.63, 3.8) is 0 Å². The Balaban J connectivity index is 2.31. The fourth-order valence-electron chi connectivity index (χ4n) is 2.71. The summed E-state index contributed by atoms with van der Waals surface area (Å²) in [5, 5.41) is 11.1. The highest BCUT2D eigenvalue weighted by Crippen LogP contribution is 2.28. The Morgan fingerprint density at radius 2 is 1.83 bits per heavy atom. The highest BCUT2D eigenvalue weighted by molar-refractivity contribution is 5.92. The Kier molecular flexibility index (Phi) is 5.99. The van der Waals surface area contributed by atoms with Crippen molar-refractivity contribution in [3.8, 4) is 5.75 Å². The molecule has 0 bridgehead atoms. The van der Waals surface area contributed by atoms with Crippen LogP contribution in [0.5, 0.6) is 5.75 Å². The molecule has 0 fully saturated rings. The second-order valence-corrected chi connectivity index (χ2v) is 5.90. The lowest BCUT2D eigenvalue weighted by Crippen LogP contribution is -2.28. The van der Waals surface area contributed by atoms with Gasteiger partial charge in [0.05, 0.1) is 5.69 Å². The Bertz CT molecular complexity index is 725. The summed E-state index contributed by atoms with van der Waals surface area (Å²) in [6, 6.07) is 11.7. The van der Waals surface area contributed by atoms with Gasteiger partial charge in [-0.05, 0) is 37.5 Å². The fourth-order valence-corrected chi connectivity index (χ4v) is 2.71. The summed E-state index contributed by atoms with van der Waals surface area (Å²) in [6.07, 6.45) is 0.965. The first-order chi connectivity index (χ1) is 11.5. The van der Waals surface area contributed by atoms with Crippen LogP contribution in [0.25, 0.3) is 0 Å². The SMILES string of the molecule is CCC(=O)N(O)c1c(CC)cccc1COc1ccc(C)cc1C. The number of rotatable bonds is 6. The molecule has 4 nitrogen and oxygen atoms in total. The lowest BCUT2D eigenvalue weighted by atomic mass is 10.0. The molecule has 4 heteroatoms. The van der Waals surface area contributed by atoms with Gasteiger partial charge in [-0.15, -0.1) is 0 Å². The first kappa shape index (κ1) is 18.0. The Hall–Kier alpha value is -2.33. The second-order valence-electron chi connectivity index (χ2n) is 5.90. The molecule has 24 heavy (non-hydrogen) atoms. The van der Waals surface area contributed by atoms with E-state index < -0.39 is 0 Å². The largest absolute Gasteiger partial charge is 0.489 e. The quantitative estimate of drug-likeness (QED) is 0.624. The first-order valence-electron chi connectivity index (χ1n) is 8.30. The number of nitrogens with zero attached hydrogens (tertiary/aromatic N) is 1. The van der Waals surface area contributed by atoms with Crippen molar-refractivity contribution in [1.29, 1.82) is 0 Å². The van der Waals surface area contributed by atoms with Crippen LogP contribution in [-0.2, 0) is 17.8 Å². The van der Waals surface area contributed by atoms with E-state index in [0.717, 1.165) is 33.9 Å². The van der Waals surface area contributed by atoms with Crippen LogP contribution in [0.2, 0.25) is 0 Å². The molecule has 128 valence electrons. The Morgan fingerprint density at radius 3 is 2.46 bits per heavy atom. The van der Waals surface area contributed by atoms with Crippen LogP contribution in [-0.4, -0.2) is 11.1 Å². The van der Waals surface area contributed by atoms with Crippen molar-refractivity contribution in [1.82, 2.24) is 0 Å². The summed E-state index contributed by atoms with van der Waals surface area (Å²) in [6.45, 7) is 8.06. The van der Waals surface area contributed by atoms with Crippen LogP contribution in [0.3, 0.4) is 0 Å². The lowest BCUT2D eigenvalue weighted by Gasteiger charge is -2.22. The molecular weight excluding hydrogens is 302 g/mol. The number of hydrogen-bond acceptors (Lipinski definition) is 3. The van der Waals surface area contributed by atoms with E-state index in [9.17, 15) is 10.0 Å². The van der Waals surface area contributed by atoms with E-state index in [1.807, 2.05) is 51.1 Å². The summed E-state index contributed by atoms with van der Waals surface area (Å²) in [5.74, 6) is 0.475. The maximum Gasteiger partial charge on any atom is 0.250 e. The van der Waals surface area contributed by atoms with Crippen LogP contribution < -0.4 is 9.80 Å². The standard InChI is InChI=1S/C20H25NO3/c1-5-16-8-7-9-17(20(16)21(23)19(22)6-2)13-24-18-11-10-14(3)12-15(18)4/h7-12,23H,5-6,13H2,1-4H3. The molecule has 0 saturated carbocycles. The minimum atomic E-state index is -0.330. The molecule has 2 aromatic rings. The van der Waals surface area contributed by atoms with Crippen LogP contribution in [0.15, 0.2) is 36.4 Å². The van der Waals surface area contributed by atoms with Gasteiger partial charge in [0.1, 0.15) is 12.4 Å². The molecule has 1 N–H and O–H groups in total. The summed E-state index contributed by atoms with van der Waals surface area (Å²) < 4.78 is 5.93. The maximum absolute atomic E-state index is 11.9. The zero-order valence-electron chi connectivity index (χ0n) is 14.8. The molecule has 0 atom stereocenters. The predicted molar refractivity (Wildman–Crippen MR) is 95.6 cm³/mol. The Labute approximate surface area is 143 Å². The maximum atomic E-state index is 11.9. The fraction of sp³-hybridized carbons (Fsp3) is 0.350. The van der Waals surface area contributed by atoms with Gasteiger partial charge in [-0.25, -0.2) is 0 Å². The van der Waals surface area contributed by atoms with Gasteiger partial charge in [-0.1, -0.05) is 49.7 Å². The van der Waals surface area contributed by atoms with Crippen molar-refractivity contribution >= 4 is 11.6 Å². The van der Waals surface area contributed by atoms with Crippen molar-refractivity contribution in [2.75, 3.05) is 5.06 Å². The van der Waals surface area contributed by atoms with E-state index >= 15 is 0 Å². The van der Waals surface area contributed by atoms with Crippen LogP contribution in [0.4, 0.5) is 5.69 Å². The number of aryl methyl sites for hydroxylation is 3. The molecule has 0 aliphatic rings. The number of carbonyl (C=O) groups excluding carboxylic acids is 1. The molecule has 0 spiro atoms. The van der Waals surface area contributed by atoms with Crippen LogP contribution >= 0.6 is 0 Å². The number of benzene rings is 2. The molecule has 2 rings (SSSR count). The van der Waals surface area contributed by atoms with Crippen LogP contribution in [0.1, 0.15) is 42.5 Å². The molecule has 0 aliphatic carbocycles. The third-order valence-electron chi connectivity index (χ3n) is 4.05. The smallest absolute Gasteiger partial charge is 0.250 e. The number of hydrogen-bond donors (Lipinski definition) is 1. The van der Waals surface area contributed by atoms with E-state index in [-0.39, 0.29) is 12.3 Å². The number of ether oxygens (including phenoxy) is 1. The molecule has 0 aromatic heterocycles. The number of anilines is 1. The van der Waals surface area contributed by atoms with Gasteiger partial charge in [0.25, 0.3) is 0 Å². The summed E-state index contributed by atoms with van der Waals surface area (Å²) >= 11 is 0. The molecule has 1 amide bonds. The van der Waals surface area contributed by atoms with Gasteiger partial charge >= 0.3 is 0 Å². The normalized spacial score (nSPS) is 10.5. The number of para-hydroxylation sites is 1. The number of amides is 1. The van der Waals surface area contributed by atoms with Crippen LogP contribution in [0, 0.1) is 13.8 Å². The Morgan fingerprint density at radius 1 is 1.12 bits per heavy atom. The molecule has 2 aromatic carbocycles. The van der Waals surface area contributed by atoms with Gasteiger partial charge in [-0.3, -0.25) is 10.0 Å². The van der Waals surface area contributed by atoms with Crippen molar-refractivity contribution < 1.29 is 14.7 Å². The topological polar surface area (TPSA) is 49.8 Å². The molecule has 0 unspecified atom stereocenters. The van der Waals surface area contributed by atoms with Gasteiger partial charge < -0.3 is 4.74 Å². The van der Waals surface area contributed by atoms with E-state index in [2.05, 4.69) is 6.07 Å². The second kappa shape index (κ2) is 7.97. The monoisotopic (exact) mass is 327 g/mol. The molecule has 0 heterocycles. The third-order valence-corrected chi connectivity index (χ3v) is 4.05. The van der Waals surface area contributed by atoms with Crippen molar-refractivity contribution in [2.24, 2.45) is 0 Å². The van der Waals surface area contributed by atoms with Crippen molar-refractivity contribution in [3.05, 3.63) is 58.7 Å². The van der Waals surface area contributed by atoms with Gasteiger partial charge in [0.15, 0.2) is 0 Å². The zero-order chi connectivity index (χ0) is 17.7. The number of carbonyl (C=O) groups is 1. The van der Waals surface area contributed by atoms with E-state index in [0.29, 0.717) is 12.3 Å². The summed E-state index contributed by atoms with van der Waals surface area (Å²) in [7, 11) is 0. The lowest BCUT2D eigenvalue weighted by molar-refractivity contribution is -0.123. The minimum Gasteiger partial charge on any atom is -0.489 e. The average molecular weight is 327 g/mol. The van der Waals surface area contributed by atoms with Gasteiger partial charge in [0.2, 0.25) is 5.91 Å². The number of hydroxylamine groups is 1. The zero-order valence-corrected chi connectivity index (χ0v) is 14.8. The average Bonchev–Trinajstić information content (AvgIpc) is 2.59. The van der Waals surface area contributed by atoms with E-state index in [4.69, 9.17) is 4.74 Å². The first-order valence-corrected chi connectivity index (χ1v) is 8.30. The molecule has 0 radical (unpaired) electrons. The molecule has 0 saturated heterocycles. The summed E-state index contributed by atoms with van der Waals surface area (Å²) in [5.41, 5.74) is 4.49. The predicted octanol–water partition coefficient (Wildman–Crippen LogP) is 4.58. The molecular formula is C20H25NO3. The summed E-state index contributed by atoms with van der Waals surface area (Å²) in [4.78, 5) is 11.9. The van der Waals surface area contributed by atoms with Gasteiger partial charge in [0, 0.05) is 12.0 Å². The minimum absolute atomic E-state index is 0.242. The van der Waals surface area contributed by atoms with Crippen molar-refractivity contribution in [2.45, 2.75) is 47.1 Å². The third kappa shape index (κ3) is 3.95. The van der Waals surface area contributed by atoms with Gasteiger partial charge in [-0.2, -0.15) is 5.06 Å². The van der Waals surface area contributed by atoms with E-state index in [1.54, 1.807) is 6.92 Å². The molecule has 0 aliphatic heterocycles. The highest BCUT2D eigenvalue weighted by Gasteiger charge is 2.19. The highest BCUT2D eigenvalue weighted by atomic mass is 16.5.